The summed E-state index contributed by atoms with van der Waals surface area (Å²) >= 11 is 0. The van der Waals surface area contributed by atoms with Crippen LogP contribution >= 0.6 is 24.0 Å². The van der Waals surface area contributed by atoms with Crippen LogP contribution in [0.1, 0.15) is 65.2 Å². The first-order valence-electron chi connectivity index (χ1n) is 11.7. The number of piperazine rings is 1. The van der Waals surface area contributed by atoms with E-state index in [1.165, 1.54) is 38.5 Å². The fourth-order valence-electron chi connectivity index (χ4n) is 4.84. The summed E-state index contributed by atoms with van der Waals surface area (Å²) in [7, 11) is 0. The number of nitrogens with one attached hydrogen (secondary N) is 2. The van der Waals surface area contributed by atoms with Crippen LogP contribution in [-0.2, 0) is 4.79 Å². The highest BCUT2D eigenvalue weighted by Crippen LogP contribution is 2.43. The Morgan fingerprint density at radius 2 is 1.72 bits per heavy atom. The number of guanidine groups is 1. The van der Waals surface area contributed by atoms with Crippen molar-refractivity contribution in [2.45, 2.75) is 65.2 Å². The van der Waals surface area contributed by atoms with Crippen molar-refractivity contribution in [3.63, 3.8) is 0 Å². The van der Waals surface area contributed by atoms with Gasteiger partial charge in [-0.3, -0.25) is 14.7 Å². The third kappa shape index (κ3) is 6.97. The summed E-state index contributed by atoms with van der Waals surface area (Å²) in [6.07, 6.45) is 9.94. The van der Waals surface area contributed by atoms with Crippen molar-refractivity contribution in [1.82, 2.24) is 20.4 Å². The molecule has 3 rings (SSSR count). The molecule has 0 aromatic heterocycles. The Labute approximate surface area is 194 Å². The topological polar surface area (TPSA) is 60.0 Å². The van der Waals surface area contributed by atoms with Gasteiger partial charge in [0.2, 0.25) is 5.91 Å². The average molecular weight is 520 g/mol. The van der Waals surface area contributed by atoms with Crippen molar-refractivity contribution in [2.75, 3.05) is 52.4 Å². The number of carbonyl (C=O) groups is 1. The lowest BCUT2D eigenvalue weighted by molar-refractivity contribution is -0.137. The predicted octanol–water partition coefficient (Wildman–Crippen LogP) is 3.07. The van der Waals surface area contributed by atoms with E-state index in [2.05, 4.69) is 34.3 Å². The van der Waals surface area contributed by atoms with E-state index in [1.54, 1.807) is 0 Å². The number of rotatable bonds is 8. The van der Waals surface area contributed by atoms with Gasteiger partial charge in [0.1, 0.15) is 0 Å². The molecule has 1 heterocycles. The van der Waals surface area contributed by atoms with E-state index < -0.39 is 0 Å². The molecule has 2 N–H and O–H groups in total. The minimum absolute atomic E-state index is 0. The molecule has 3 aliphatic rings. The Balaban J connectivity index is 0.00000300. The Bertz CT molecular complexity index is 518. The number of carbonyl (C=O) groups excluding carboxylic acids is 1. The Kier molecular flexibility index (Phi) is 10.5. The maximum atomic E-state index is 12.6. The van der Waals surface area contributed by atoms with E-state index in [-0.39, 0.29) is 24.0 Å². The average Bonchev–Trinajstić information content (AvgIpc) is 3.22. The number of nitrogens with zero attached hydrogens (tertiary/aromatic N) is 3. The van der Waals surface area contributed by atoms with E-state index in [0.29, 0.717) is 17.2 Å². The fourth-order valence-corrected chi connectivity index (χ4v) is 4.84. The molecule has 0 aromatic rings. The van der Waals surface area contributed by atoms with Gasteiger partial charge in [0.25, 0.3) is 0 Å². The van der Waals surface area contributed by atoms with Gasteiger partial charge in [-0.15, -0.1) is 24.0 Å². The predicted molar refractivity (Wildman–Crippen MR) is 131 cm³/mol. The van der Waals surface area contributed by atoms with Crippen molar-refractivity contribution in [3.05, 3.63) is 0 Å². The Hall–Kier alpha value is -0.570. The molecule has 0 unspecified atom stereocenters. The summed E-state index contributed by atoms with van der Waals surface area (Å²) in [4.78, 5) is 22.0. The molecule has 1 aliphatic heterocycles. The lowest BCUT2D eigenvalue weighted by Crippen LogP contribution is -2.52. The molecule has 3 fully saturated rings. The molecular weight excluding hydrogens is 477 g/mol. The zero-order valence-electron chi connectivity index (χ0n) is 18.5. The molecule has 2 aliphatic carbocycles. The van der Waals surface area contributed by atoms with Crippen molar-refractivity contribution in [1.29, 1.82) is 0 Å². The van der Waals surface area contributed by atoms with Crippen LogP contribution in [-0.4, -0.2) is 74.0 Å². The van der Waals surface area contributed by atoms with Crippen LogP contribution in [0.2, 0.25) is 0 Å². The first-order chi connectivity index (χ1) is 13.7. The van der Waals surface area contributed by atoms with E-state index in [1.807, 2.05) is 0 Å². The lowest BCUT2D eigenvalue weighted by Gasteiger charge is -2.40. The second-order valence-corrected chi connectivity index (χ2v) is 8.98. The molecule has 168 valence electrons. The molecular formula is C22H42IN5O. The van der Waals surface area contributed by atoms with E-state index in [0.717, 1.165) is 71.2 Å². The van der Waals surface area contributed by atoms with Gasteiger partial charge < -0.3 is 15.5 Å². The number of amides is 1. The van der Waals surface area contributed by atoms with Crippen molar-refractivity contribution < 1.29 is 4.79 Å². The van der Waals surface area contributed by atoms with Crippen molar-refractivity contribution in [3.8, 4) is 0 Å². The number of aliphatic imine (C=N–C) groups is 1. The minimum atomic E-state index is 0. The molecule has 0 aromatic carbocycles. The minimum Gasteiger partial charge on any atom is -0.357 e. The van der Waals surface area contributed by atoms with Crippen molar-refractivity contribution in [2.24, 2.45) is 16.3 Å². The number of hydrogen-bond donors (Lipinski definition) is 2. The third-order valence-electron chi connectivity index (χ3n) is 7.19. The van der Waals surface area contributed by atoms with Gasteiger partial charge in [-0.05, 0) is 44.4 Å². The van der Waals surface area contributed by atoms with Gasteiger partial charge in [0.15, 0.2) is 5.96 Å². The summed E-state index contributed by atoms with van der Waals surface area (Å²) in [6.45, 7) is 11.9. The van der Waals surface area contributed by atoms with Gasteiger partial charge in [-0.1, -0.05) is 26.2 Å². The number of hydrogen-bond acceptors (Lipinski definition) is 3. The summed E-state index contributed by atoms with van der Waals surface area (Å²) in [5.41, 5.74) is 0.463. The van der Waals surface area contributed by atoms with E-state index in [4.69, 9.17) is 4.99 Å². The first kappa shape index (κ1) is 24.7. The molecule has 0 radical (unpaired) electrons. The zero-order valence-corrected chi connectivity index (χ0v) is 20.9. The smallest absolute Gasteiger partial charge is 0.225 e. The van der Waals surface area contributed by atoms with Crippen LogP contribution in [0.4, 0.5) is 0 Å². The molecule has 6 nitrogen and oxygen atoms in total. The third-order valence-corrected chi connectivity index (χ3v) is 7.19. The largest absolute Gasteiger partial charge is 0.357 e. The van der Waals surface area contributed by atoms with Gasteiger partial charge in [-0.2, -0.15) is 0 Å². The van der Waals surface area contributed by atoms with Gasteiger partial charge in [-0.25, -0.2) is 0 Å². The number of halogens is 1. The quantitative estimate of drug-likeness (QED) is 0.294. The van der Waals surface area contributed by atoms with Gasteiger partial charge >= 0.3 is 0 Å². The standard InChI is InChI=1S/C22H41N5O.HI/c1-3-22(10-7-11-22)18-25-21(23-4-2)24-12-13-26-14-16-27(17-15-26)20(28)19-8-5-6-9-19;/h19H,3-18H2,1-2H3,(H2,23,24,25);1H. The molecule has 0 spiro atoms. The SMILES string of the molecule is CCNC(=NCC1(CC)CCC1)NCCN1CCN(C(=O)C2CCCC2)CC1.I. The fraction of sp³-hybridized carbons (Fsp3) is 0.909. The van der Waals surface area contributed by atoms with Crippen LogP contribution in [0.15, 0.2) is 4.99 Å². The summed E-state index contributed by atoms with van der Waals surface area (Å²) in [6, 6.07) is 0. The summed E-state index contributed by atoms with van der Waals surface area (Å²) in [5.74, 6) is 1.68. The van der Waals surface area contributed by atoms with Crippen LogP contribution in [0.5, 0.6) is 0 Å². The molecule has 1 amide bonds. The maximum absolute atomic E-state index is 12.6. The lowest BCUT2D eigenvalue weighted by atomic mass is 9.67. The van der Waals surface area contributed by atoms with Gasteiger partial charge in [0.05, 0.1) is 0 Å². The van der Waals surface area contributed by atoms with Crippen LogP contribution in [0.25, 0.3) is 0 Å². The highest BCUT2D eigenvalue weighted by molar-refractivity contribution is 14.0. The highest BCUT2D eigenvalue weighted by atomic mass is 127. The molecule has 0 atom stereocenters. The molecule has 0 bridgehead atoms. The van der Waals surface area contributed by atoms with E-state index >= 15 is 0 Å². The summed E-state index contributed by atoms with van der Waals surface area (Å²) in [5, 5.41) is 6.89. The molecule has 1 saturated heterocycles. The van der Waals surface area contributed by atoms with Crippen LogP contribution < -0.4 is 10.6 Å². The molecule has 7 heteroatoms. The normalized spacial score (nSPS) is 22.7. The Morgan fingerprint density at radius 1 is 1.03 bits per heavy atom. The second-order valence-electron chi connectivity index (χ2n) is 8.98. The molecule has 2 saturated carbocycles. The van der Waals surface area contributed by atoms with Gasteiger partial charge in [0, 0.05) is 58.3 Å². The highest BCUT2D eigenvalue weighted by Gasteiger charge is 2.34. The first-order valence-corrected chi connectivity index (χ1v) is 11.7. The van der Waals surface area contributed by atoms with Crippen LogP contribution in [0, 0.1) is 11.3 Å². The van der Waals surface area contributed by atoms with E-state index in [9.17, 15) is 4.79 Å². The molecule has 29 heavy (non-hydrogen) atoms. The Morgan fingerprint density at radius 3 is 2.28 bits per heavy atom. The second kappa shape index (κ2) is 12.3. The van der Waals surface area contributed by atoms with Crippen LogP contribution in [0.3, 0.4) is 0 Å². The summed E-state index contributed by atoms with van der Waals surface area (Å²) < 4.78 is 0. The van der Waals surface area contributed by atoms with Crippen molar-refractivity contribution >= 4 is 35.8 Å². The zero-order chi connectivity index (χ0) is 19.8. The monoisotopic (exact) mass is 519 g/mol. The maximum Gasteiger partial charge on any atom is 0.225 e.